The first-order chi connectivity index (χ1) is 11.3. The van der Waals surface area contributed by atoms with Crippen LogP contribution in [-0.4, -0.2) is 34.5 Å². The van der Waals surface area contributed by atoms with Gasteiger partial charge in [0.25, 0.3) is 5.91 Å². The summed E-state index contributed by atoms with van der Waals surface area (Å²) in [4.78, 5) is 31.6. The summed E-state index contributed by atoms with van der Waals surface area (Å²) in [5.74, 6) is -0.267. The Kier molecular flexibility index (Phi) is 5.13. The van der Waals surface area contributed by atoms with Gasteiger partial charge in [-0.05, 0) is 45.0 Å². The van der Waals surface area contributed by atoms with Crippen LogP contribution in [-0.2, 0) is 4.74 Å². The summed E-state index contributed by atoms with van der Waals surface area (Å²) < 4.78 is 4.64. The highest BCUT2D eigenvalue weighted by atomic mass is 16.5. The molecular formula is C17H20N4O3. The van der Waals surface area contributed by atoms with Crippen molar-refractivity contribution in [3.63, 3.8) is 0 Å². The number of carbonyl (C=O) groups is 2. The van der Waals surface area contributed by atoms with Crippen LogP contribution in [0.25, 0.3) is 0 Å². The van der Waals surface area contributed by atoms with Crippen molar-refractivity contribution in [3.8, 4) is 0 Å². The summed E-state index contributed by atoms with van der Waals surface area (Å²) in [5.41, 5.74) is 1.24. The van der Waals surface area contributed by atoms with E-state index in [2.05, 4.69) is 25.3 Å². The van der Waals surface area contributed by atoms with Crippen LogP contribution in [0.1, 0.15) is 41.5 Å². The van der Waals surface area contributed by atoms with Gasteiger partial charge in [-0.25, -0.2) is 14.8 Å². The van der Waals surface area contributed by atoms with Crippen LogP contribution in [0.2, 0.25) is 0 Å². The summed E-state index contributed by atoms with van der Waals surface area (Å²) in [5, 5.41) is 5.84. The first kappa shape index (κ1) is 17.4. The number of methoxy groups -OCH3 is 1. The molecule has 7 heteroatoms. The molecule has 0 aliphatic heterocycles. The lowest BCUT2D eigenvalue weighted by molar-refractivity contribution is 0.0600. The molecular weight excluding hydrogens is 308 g/mol. The lowest BCUT2D eigenvalue weighted by atomic mass is 10.1. The van der Waals surface area contributed by atoms with Gasteiger partial charge < -0.3 is 15.4 Å². The number of carbonyl (C=O) groups excluding carboxylic acids is 2. The van der Waals surface area contributed by atoms with Gasteiger partial charge in [0, 0.05) is 23.6 Å². The van der Waals surface area contributed by atoms with Crippen molar-refractivity contribution in [1.82, 2.24) is 15.3 Å². The number of nitrogens with zero attached hydrogens (tertiary/aromatic N) is 2. The van der Waals surface area contributed by atoms with E-state index in [1.54, 1.807) is 24.3 Å². The molecule has 0 atom stereocenters. The second-order valence-electron chi connectivity index (χ2n) is 6.19. The molecule has 0 saturated carbocycles. The van der Waals surface area contributed by atoms with E-state index in [9.17, 15) is 9.59 Å². The molecule has 2 aromatic rings. The first-order valence-electron chi connectivity index (χ1n) is 7.38. The Morgan fingerprint density at radius 3 is 2.08 bits per heavy atom. The van der Waals surface area contributed by atoms with Gasteiger partial charge in [0.15, 0.2) is 0 Å². The van der Waals surface area contributed by atoms with Crippen molar-refractivity contribution in [2.24, 2.45) is 0 Å². The Bertz CT molecular complexity index is 719. The third-order valence-electron chi connectivity index (χ3n) is 2.96. The fourth-order valence-electron chi connectivity index (χ4n) is 1.86. The number of esters is 1. The highest BCUT2D eigenvalue weighted by Crippen LogP contribution is 2.14. The lowest BCUT2D eigenvalue weighted by Gasteiger charge is -2.20. The molecule has 126 valence electrons. The Labute approximate surface area is 140 Å². The van der Waals surface area contributed by atoms with Crippen LogP contribution in [0.4, 0.5) is 11.6 Å². The number of aromatic nitrogens is 2. The van der Waals surface area contributed by atoms with Gasteiger partial charge in [0.05, 0.1) is 18.2 Å². The van der Waals surface area contributed by atoms with Crippen molar-refractivity contribution in [1.29, 1.82) is 0 Å². The monoisotopic (exact) mass is 328 g/mol. The summed E-state index contributed by atoms with van der Waals surface area (Å²) >= 11 is 0. The molecule has 0 unspecified atom stereocenters. The lowest BCUT2D eigenvalue weighted by Crippen LogP contribution is -2.40. The molecule has 0 radical (unpaired) electrons. The molecule has 0 spiro atoms. The van der Waals surface area contributed by atoms with Gasteiger partial charge in [-0.3, -0.25) is 4.79 Å². The van der Waals surface area contributed by atoms with E-state index in [1.165, 1.54) is 19.5 Å². The molecule has 0 aliphatic carbocycles. The molecule has 0 saturated heterocycles. The molecule has 1 heterocycles. The van der Waals surface area contributed by atoms with Crippen LogP contribution in [0.5, 0.6) is 0 Å². The Balaban J connectivity index is 2.04. The van der Waals surface area contributed by atoms with Crippen LogP contribution in [0.3, 0.4) is 0 Å². The molecule has 1 amide bonds. The number of benzene rings is 1. The van der Waals surface area contributed by atoms with E-state index < -0.39 is 5.97 Å². The number of anilines is 2. The van der Waals surface area contributed by atoms with Crippen molar-refractivity contribution < 1.29 is 14.3 Å². The van der Waals surface area contributed by atoms with Crippen LogP contribution in [0.15, 0.2) is 36.7 Å². The van der Waals surface area contributed by atoms with Crippen molar-refractivity contribution in [2.75, 3.05) is 12.4 Å². The van der Waals surface area contributed by atoms with E-state index in [1.807, 2.05) is 20.8 Å². The van der Waals surface area contributed by atoms with Gasteiger partial charge in [0.2, 0.25) is 5.95 Å². The third-order valence-corrected chi connectivity index (χ3v) is 2.96. The Morgan fingerprint density at radius 2 is 1.58 bits per heavy atom. The van der Waals surface area contributed by atoms with Gasteiger partial charge >= 0.3 is 5.97 Å². The number of ether oxygens (including phenoxy) is 1. The van der Waals surface area contributed by atoms with E-state index in [0.29, 0.717) is 17.1 Å². The predicted octanol–water partition coefficient (Wildman–Crippen LogP) is 2.54. The largest absolute Gasteiger partial charge is 0.465 e. The molecule has 1 aromatic heterocycles. The maximum absolute atomic E-state index is 12.0. The summed E-state index contributed by atoms with van der Waals surface area (Å²) in [6.45, 7) is 5.71. The fraction of sp³-hybridized carbons (Fsp3) is 0.294. The number of hydrogen-bond donors (Lipinski definition) is 2. The molecule has 24 heavy (non-hydrogen) atoms. The Morgan fingerprint density at radius 1 is 1.00 bits per heavy atom. The average Bonchev–Trinajstić information content (AvgIpc) is 2.54. The summed E-state index contributed by atoms with van der Waals surface area (Å²) in [6.07, 6.45) is 2.92. The smallest absolute Gasteiger partial charge is 0.337 e. The first-order valence-corrected chi connectivity index (χ1v) is 7.38. The second kappa shape index (κ2) is 7.08. The number of rotatable bonds is 4. The maximum Gasteiger partial charge on any atom is 0.337 e. The minimum absolute atomic E-state index is 0.225. The zero-order valence-corrected chi connectivity index (χ0v) is 14.1. The van der Waals surface area contributed by atoms with Crippen molar-refractivity contribution >= 4 is 23.5 Å². The minimum Gasteiger partial charge on any atom is -0.465 e. The van der Waals surface area contributed by atoms with Crippen molar-refractivity contribution in [2.45, 2.75) is 26.3 Å². The molecule has 0 aliphatic rings. The topological polar surface area (TPSA) is 93.2 Å². The van der Waals surface area contributed by atoms with Gasteiger partial charge in [-0.2, -0.15) is 0 Å². The average molecular weight is 328 g/mol. The van der Waals surface area contributed by atoms with E-state index in [-0.39, 0.29) is 11.4 Å². The highest BCUT2D eigenvalue weighted by Gasteiger charge is 2.15. The van der Waals surface area contributed by atoms with Gasteiger partial charge in [-0.15, -0.1) is 0 Å². The number of hydrogen-bond acceptors (Lipinski definition) is 6. The standard InChI is InChI=1S/C17H20N4O3/c1-17(2,3)21-14(22)12-9-18-16(19-10-12)20-13-7-5-11(6-8-13)15(23)24-4/h5-10H,1-4H3,(H,21,22)(H,18,19,20). The summed E-state index contributed by atoms with van der Waals surface area (Å²) in [6, 6.07) is 6.71. The van der Waals surface area contributed by atoms with Crippen LogP contribution in [0, 0.1) is 0 Å². The highest BCUT2D eigenvalue weighted by molar-refractivity contribution is 5.94. The summed E-state index contributed by atoms with van der Waals surface area (Å²) in [7, 11) is 1.33. The normalized spacial score (nSPS) is 10.8. The van der Waals surface area contributed by atoms with E-state index in [4.69, 9.17) is 0 Å². The van der Waals surface area contributed by atoms with Gasteiger partial charge in [-0.1, -0.05) is 0 Å². The molecule has 0 bridgehead atoms. The van der Waals surface area contributed by atoms with E-state index in [0.717, 1.165) is 5.69 Å². The van der Waals surface area contributed by atoms with Gasteiger partial charge in [0.1, 0.15) is 0 Å². The Hall–Kier alpha value is -2.96. The molecule has 7 nitrogen and oxygen atoms in total. The van der Waals surface area contributed by atoms with Crippen molar-refractivity contribution in [3.05, 3.63) is 47.8 Å². The minimum atomic E-state index is -0.396. The molecule has 1 aromatic carbocycles. The van der Waals surface area contributed by atoms with Crippen LogP contribution >= 0.6 is 0 Å². The second-order valence-corrected chi connectivity index (χ2v) is 6.19. The predicted molar refractivity (Wildman–Crippen MR) is 90.3 cm³/mol. The number of nitrogens with one attached hydrogen (secondary N) is 2. The van der Waals surface area contributed by atoms with E-state index >= 15 is 0 Å². The number of amides is 1. The maximum atomic E-state index is 12.0. The molecule has 2 N–H and O–H groups in total. The SMILES string of the molecule is COC(=O)c1ccc(Nc2ncc(C(=O)NC(C)(C)C)cn2)cc1. The van der Waals surface area contributed by atoms with Crippen LogP contribution < -0.4 is 10.6 Å². The third kappa shape index (κ3) is 4.77. The molecule has 2 rings (SSSR count). The fourth-order valence-corrected chi connectivity index (χ4v) is 1.86. The molecule has 0 fully saturated rings. The zero-order chi connectivity index (χ0) is 17.7. The zero-order valence-electron chi connectivity index (χ0n) is 14.1. The quantitative estimate of drug-likeness (QED) is 0.838.